The molecule has 1 atom stereocenters. The van der Waals surface area contributed by atoms with Crippen LogP contribution in [0.25, 0.3) is 10.2 Å². The predicted octanol–water partition coefficient (Wildman–Crippen LogP) is 2.09. The van der Waals surface area contributed by atoms with Crippen molar-refractivity contribution in [3.63, 3.8) is 0 Å². The normalized spacial score (nSPS) is 18.6. The molecule has 3 aromatic heterocycles. The molecular weight excluding hydrogens is 471 g/mol. The fourth-order valence-corrected chi connectivity index (χ4v) is 5.64. The smallest absolute Gasteiger partial charge is 0.347 e. The van der Waals surface area contributed by atoms with Crippen molar-refractivity contribution in [1.82, 2.24) is 30.2 Å². The zero-order valence-corrected chi connectivity index (χ0v) is 19.3. The third kappa shape index (κ3) is 4.04. The summed E-state index contributed by atoms with van der Waals surface area (Å²) in [6.07, 6.45) is -2.02. The van der Waals surface area contributed by atoms with Crippen LogP contribution in [0.1, 0.15) is 36.3 Å². The highest BCUT2D eigenvalue weighted by molar-refractivity contribution is 7.18. The second-order valence-corrected chi connectivity index (χ2v) is 9.59. The zero-order valence-electron chi connectivity index (χ0n) is 18.5. The van der Waals surface area contributed by atoms with Crippen LogP contribution in [0.4, 0.5) is 24.9 Å². The number of halogens is 3. The van der Waals surface area contributed by atoms with Crippen molar-refractivity contribution in [2.75, 3.05) is 29.4 Å². The lowest BCUT2D eigenvalue weighted by Crippen LogP contribution is -2.37. The van der Waals surface area contributed by atoms with E-state index in [9.17, 15) is 18.0 Å². The molecule has 2 aliphatic heterocycles. The molecule has 0 unspecified atom stereocenters. The van der Waals surface area contributed by atoms with Crippen LogP contribution in [0.15, 0.2) is 6.07 Å². The Hall–Kier alpha value is -3.00. The number of rotatable bonds is 5. The number of nitrogens with one attached hydrogen (secondary N) is 1. The predicted molar refractivity (Wildman–Crippen MR) is 120 cm³/mol. The van der Waals surface area contributed by atoms with Gasteiger partial charge in [0, 0.05) is 31.1 Å². The minimum Gasteiger partial charge on any atom is -0.347 e. The molecule has 1 fully saturated rings. The van der Waals surface area contributed by atoms with E-state index in [4.69, 9.17) is 15.8 Å². The summed E-state index contributed by atoms with van der Waals surface area (Å²) in [6.45, 7) is 3.75. The number of nitrogens with zero attached hydrogens (tertiary/aromatic N) is 7. The van der Waals surface area contributed by atoms with Gasteiger partial charge >= 0.3 is 6.18 Å². The van der Waals surface area contributed by atoms with Gasteiger partial charge in [0.05, 0.1) is 17.8 Å². The van der Waals surface area contributed by atoms with Gasteiger partial charge in [0.2, 0.25) is 17.7 Å². The van der Waals surface area contributed by atoms with Crippen LogP contribution in [-0.4, -0.2) is 50.3 Å². The third-order valence-corrected chi connectivity index (χ3v) is 7.29. The summed E-state index contributed by atoms with van der Waals surface area (Å²) >= 11 is 1.59. The number of nitrogens with two attached hydrogens (primary N) is 1. The van der Waals surface area contributed by atoms with E-state index >= 15 is 0 Å². The van der Waals surface area contributed by atoms with Crippen LogP contribution in [0.2, 0.25) is 0 Å². The molecular formula is C20H24F3N9OS. The molecule has 2 aliphatic rings. The van der Waals surface area contributed by atoms with Crippen molar-refractivity contribution in [3.05, 3.63) is 22.6 Å². The van der Waals surface area contributed by atoms with E-state index in [0.29, 0.717) is 37.8 Å². The van der Waals surface area contributed by atoms with Crippen LogP contribution in [0, 0.1) is 5.92 Å². The molecule has 0 saturated carbocycles. The first kappa shape index (κ1) is 22.8. The Kier molecular flexibility index (Phi) is 5.80. The van der Waals surface area contributed by atoms with E-state index in [0.717, 1.165) is 27.6 Å². The maximum Gasteiger partial charge on any atom is 0.451 e. The van der Waals surface area contributed by atoms with Gasteiger partial charge in [-0.2, -0.15) is 18.2 Å². The first-order valence-corrected chi connectivity index (χ1v) is 11.9. The van der Waals surface area contributed by atoms with Crippen LogP contribution < -0.4 is 21.1 Å². The van der Waals surface area contributed by atoms with Crippen molar-refractivity contribution in [2.24, 2.45) is 11.8 Å². The van der Waals surface area contributed by atoms with Gasteiger partial charge in [0.1, 0.15) is 10.6 Å². The average molecular weight is 496 g/mol. The fourth-order valence-electron chi connectivity index (χ4n) is 4.52. The van der Waals surface area contributed by atoms with Crippen molar-refractivity contribution < 1.29 is 18.0 Å². The summed E-state index contributed by atoms with van der Waals surface area (Å²) in [6, 6.07) is 2.07. The number of aryl methyl sites for hydroxylation is 1. The van der Waals surface area contributed by atoms with Gasteiger partial charge in [0.25, 0.3) is 0 Å². The first-order valence-electron chi connectivity index (χ1n) is 11.1. The number of carbonyl (C=O) groups excluding carboxylic acids is 1. The summed E-state index contributed by atoms with van der Waals surface area (Å²) in [5.41, 5.74) is 2.20. The lowest BCUT2D eigenvalue weighted by molar-refractivity contribution is -0.147. The standard InChI is InChI=1S/C20H24F3N9OS/c1-2-3-12-8-13-15(30-6-7-32-14(10-30)28-29-18(32)20(21,22)23)25-19(26-17(13)34-12)31-5-4-11(9-31)16(33)27-24/h8,11H,2-7,9-10,24H2,1H3,(H,27,33)/t11-/m0/s1. The van der Waals surface area contributed by atoms with Crippen molar-refractivity contribution in [1.29, 1.82) is 0 Å². The highest BCUT2D eigenvalue weighted by atomic mass is 32.1. The quantitative estimate of drug-likeness (QED) is 0.314. The number of thiophene rings is 1. The molecule has 182 valence electrons. The molecule has 0 aromatic carbocycles. The number of hydrogen-bond acceptors (Lipinski definition) is 9. The van der Waals surface area contributed by atoms with E-state index in [1.165, 1.54) is 4.88 Å². The number of alkyl halides is 3. The number of amides is 1. The molecule has 14 heteroatoms. The monoisotopic (exact) mass is 495 g/mol. The molecule has 5 heterocycles. The summed E-state index contributed by atoms with van der Waals surface area (Å²) in [4.78, 5) is 27.5. The Bertz CT molecular complexity index is 1220. The Morgan fingerprint density at radius 3 is 2.79 bits per heavy atom. The summed E-state index contributed by atoms with van der Waals surface area (Å²) in [5, 5.41) is 8.04. The van der Waals surface area contributed by atoms with E-state index in [2.05, 4.69) is 28.6 Å². The first-order chi connectivity index (χ1) is 16.3. The second-order valence-electron chi connectivity index (χ2n) is 8.48. The van der Waals surface area contributed by atoms with Gasteiger partial charge in [-0.1, -0.05) is 13.3 Å². The largest absolute Gasteiger partial charge is 0.451 e. The van der Waals surface area contributed by atoms with Gasteiger partial charge in [-0.25, -0.2) is 10.8 Å². The summed E-state index contributed by atoms with van der Waals surface area (Å²) < 4.78 is 40.9. The highest BCUT2D eigenvalue weighted by Gasteiger charge is 2.40. The maximum atomic E-state index is 13.3. The molecule has 3 aromatic rings. The van der Waals surface area contributed by atoms with Gasteiger partial charge in [0.15, 0.2) is 5.82 Å². The number of hydrazine groups is 1. The Morgan fingerprint density at radius 1 is 1.24 bits per heavy atom. The molecule has 0 bridgehead atoms. The molecule has 0 spiro atoms. The topological polar surface area (TPSA) is 118 Å². The minimum absolute atomic E-state index is 0.104. The fraction of sp³-hybridized carbons (Fsp3) is 0.550. The molecule has 5 rings (SSSR count). The van der Waals surface area contributed by atoms with E-state index in [-0.39, 0.29) is 30.7 Å². The van der Waals surface area contributed by atoms with Crippen LogP contribution in [0.5, 0.6) is 0 Å². The number of carbonyl (C=O) groups is 1. The molecule has 1 saturated heterocycles. The van der Waals surface area contributed by atoms with Gasteiger partial charge < -0.3 is 14.4 Å². The van der Waals surface area contributed by atoms with E-state index in [1.807, 2.05) is 9.80 Å². The maximum absolute atomic E-state index is 13.3. The lowest BCUT2D eigenvalue weighted by Gasteiger charge is -2.30. The molecule has 34 heavy (non-hydrogen) atoms. The van der Waals surface area contributed by atoms with Crippen LogP contribution >= 0.6 is 11.3 Å². The number of anilines is 2. The summed E-state index contributed by atoms with van der Waals surface area (Å²) in [7, 11) is 0. The Morgan fingerprint density at radius 2 is 2.06 bits per heavy atom. The molecule has 0 aliphatic carbocycles. The lowest BCUT2D eigenvalue weighted by atomic mass is 10.1. The van der Waals surface area contributed by atoms with Gasteiger partial charge in [-0.3, -0.25) is 10.2 Å². The number of hydrogen-bond donors (Lipinski definition) is 2. The summed E-state index contributed by atoms with van der Waals surface area (Å²) in [5.74, 6) is 5.26. The molecule has 1 amide bonds. The molecule has 10 nitrogen and oxygen atoms in total. The van der Waals surface area contributed by atoms with Crippen LogP contribution in [0.3, 0.4) is 0 Å². The Labute approximate surface area is 196 Å². The average Bonchev–Trinajstić information content (AvgIpc) is 3.54. The SMILES string of the molecule is CCCc1cc2c(N3CCn4c(nnc4C(F)(F)F)C3)nc(N3CC[C@H](C(=O)NN)C3)nc2s1. The third-order valence-electron chi connectivity index (χ3n) is 6.20. The van der Waals surface area contributed by atoms with Crippen molar-refractivity contribution >= 4 is 39.2 Å². The van der Waals surface area contributed by atoms with Crippen LogP contribution in [-0.2, 0) is 30.5 Å². The molecule has 3 N–H and O–H groups in total. The molecule has 0 radical (unpaired) electrons. The van der Waals surface area contributed by atoms with E-state index in [1.54, 1.807) is 11.3 Å². The number of fused-ring (bicyclic) bond motifs is 2. The Balaban J connectivity index is 1.51. The van der Waals surface area contributed by atoms with E-state index < -0.39 is 12.0 Å². The van der Waals surface area contributed by atoms with Crippen molar-refractivity contribution in [3.8, 4) is 0 Å². The minimum atomic E-state index is -4.55. The van der Waals surface area contributed by atoms with Crippen molar-refractivity contribution in [2.45, 2.75) is 45.5 Å². The second kappa shape index (κ2) is 8.65. The highest BCUT2D eigenvalue weighted by Crippen LogP contribution is 2.36. The van der Waals surface area contributed by atoms with Gasteiger partial charge in [-0.05, 0) is 18.9 Å². The zero-order chi connectivity index (χ0) is 24.0. The number of aromatic nitrogens is 5. The van der Waals surface area contributed by atoms with Gasteiger partial charge in [-0.15, -0.1) is 21.5 Å².